The number of methoxy groups -OCH3 is 2. The molecule has 0 radical (unpaired) electrons. The van der Waals surface area contributed by atoms with Crippen LogP contribution in [0.5, 0.6) is 0 Å². The SMILES string of the molecule is COCCN(C)C(=O)[C@H]1CC[C@H]2CN(CCOC)S(=O)(=O)c3ccccc3N21. The van der Waals surface area contributed by atoms with Crippen molar-refractivity contribution in [3.8, 4) is 0 Å². The highest BCUT2D eigenvalue weighted by molar-refractivity contribution is 7.89. The topological polar surface area (TPSA) is 79.4 Å². The highest BCUT2D eigenvalue weighted by Gasteiger charge is 2.45. The predicted octanol–water partition coefficient (Wildman–Crippen LogP) is 0.780. The first kappa shape index (κ1) is 21.0. The number of rotatable bonds is 7. The minimum absolute atomic E-state index is 0.00269. The fourth-order valence-corrected chi connectivity index (χ4v) is 5.68. The maximum Gasteiger partial charge on any atom is 0.245 e. The molecule has 2 atom stereocenters. The van der Waals surface area contributed by atoms with Crippen molar-refractivity contribution in [1.82, 2.24) is 9.21 Å². The molecule has 8 nitrogen and oxygen atoms in total. The summed E-state index contributed by atoms with van der Waals surface area (Å²) in [7, 11) is 1.28. The second kappa shape index (κ2) is 8.77. The second-order valence-electron chi connectivity index (χ2n) is 7.23. The molecule has 1 amide bonds. The Morgan fingerprint density at radius 1 is 1.18 bits per heavy atom. The number of amides is 1. The van der Waals surface area contributed by atoms with Crippen LogP contribution >= 0.6 is 0 Å². The molecule has 9 heteroatoms. The van der Waals surface area contributed by atoms with Gasteiger partial charge in [-0.1, -0.05) is 12.1 Å². The smallest absolute Gasteiger partial charge is 0.245 e. The summed E-state index contributed by atoms with van der Waals surface area (Å²) < 4.78 is 38.2. The molecule has 0 saturated carbocycles. The fourth-order valence-electron chi connectivity index (χ4n) is 4.03. The molecule has 0 aromatic heterocycles. The first-order valence-corrected chi connectivity index (χ1v) is 11.0. The first-order chi connectivity index (χ1) is 13.4. The number of sulfonamides is 1. The van der Waals surface area contributed by atoms with Gasteiger partial charge < -0.3 is 19.3 Å². The molecule has 3 rings (SSSR count). The van der Waals surface area contributed by atoms with Crippen molar-refractivity contribution in [2.24, 2.45) is 0 Å². The zero-order valence-electron chi connectivity index (χ0n) is 16.7. The lowest BCUT2D eigenvalue weighted by Crippen LogP contribution is -2.49. The number of benzene rings is 1. The lowest BCUT2D eigenvalue weighted by Gasteiger charge is -2.33. The van der Waals surface area contributed by atoms with Gasteiger partial charge in [0.25, 0.3) is 0 Å². The third-order valence-electron chi connectivity index (χ3n) is 5.52. The minimum atomic E-state index is -3.65. The molecule has 1 fully saturated rings. The Hall–Kier alpha value is -1.68. The molecule has 156 valence electrons. The number of carbonyl (C=O) groups is 1. The summed E-state index contributed by atoms with van der Waals surface area (Å²) in [6, 6.07) is 6.57. The van der Waals surface area contributed by atoms with Crippen LogP contribution in [0.3, 0.4) is 0 Å². The maximum atomic E-state index is 13.2. The number of para-hydroxylation sites is 1. The van der Waals surface area contributed by atoms with Gasteiger partial charge in [0.2, 0.25) is 15.9 Å². The van der Waals surface area contributed by atoms with Crippen molar-refractivity contribution < 1.29 is 22.7 Å². The largest absolute Gasteiger partial charge is 0.383 e. The van der Waals surface area contributed by atoms with E-state index in [9.17, 15) is 13.2 Å². The van der Waals surface area contributed by atoms with Gasteiger partial charge in [0.1, 0.15) is 10.9 Å². The third kappa shape index (κ3) is 3.89. The summed E-state index contributed by atoms with van der Waals surface area (Å²) in [6.45, 7) is 1.95. The molecule has 2 aliphatic rings. The number of nitrogens with zero attached hydrogens (tertiary/aromatic N) is 3. The number of fused-ring (bicyclic) bond motifs is 3. The number of anilines is 1. The van der Waals surface area contributed by atoms with E-state index >= 15 is 0 Å². The zero-order chi connectivity index (χ0) is 20.3. The molecule has 2 aliphatic heterocycles. The Bertz CT molecular complexity index is 801. The van der Waals surface area contributed by atoms with E-state index in [2.05, 4.69) is 0 Å². The molecular formula is C19H29N3O5S. The van der Waals surface area contributed by atoms with Gasteiger partial charge in [-0.2, -0.15) is 4.31 Å². The molecule has 0 spiro atoms. The summed E-state index contributed by atoms with van der Waals surface area (Å²) >= 11 is 0. The lowest BCUT2D eigenvalue weighted by atomic mass is 10.1. The molecule has 0 N–H and O–H groups in total. The highest BCUT2D eigenvalue weighted by Crippen LogP contribution is 2.40. The van der Waals surface area contributed by atoms with E-state index in [1.165, 1.54) is 4.31 Å². The molecule has 0 unspecified atom stereocenters. The van der Waals surface area contributed by atoms with Gasteiger partial charge in [-0.3, -0.25) is 4.79 Å². The number of ether oxygens (including phenoxy) is 2. The normalized spacial score (nSPS) is 23.8. The summed E-state index contributed by atoms with van der Waals surface area (Å²) in [5, 5.41) is 0. The second-order valence-corrected chi connectivity index (χ2v) is 9.14. The number of likely N-dealkylation sites (N-methyl/N-ethyl adjacent to an activating group) is 1. The molecule has 0 aliphatic carbocycles. The van der Waals surface area contributed by atoms with Gasteiger partial charge in [0.05, 0.1) is 18.9 Å². The van der Waals surface area contributed by atoms with Crippen molar-refractivity contribution in [3.05, 3.63) is 24.3 Å². The van der Waals surface area contributed by atoms with Gasteiger partial charge in [-0.15, -0.1) is 0 Å². The van der Waals surface area contributed by atoms with E-state index in [1.54, 1.807) is 44.4 Å². The molecule has 1 aromatic carbocycles. The van der Waals surface area contributed by atoms with E-state index in [0.29, 0.717) is 45.0 Å². The van der Waals surface area contributed by atoms with E-state index < -0.39 is 10.0 Å². The van der Waals surface area contributed by atoms with Crippen molar-refractivity contribution in [2.75, 3.05) is 59.0 Å². The monoisotopic (exact) mass is 411 g/mol. The molecular weight excluding hydrogens is 382 g/mol. The fraction of sp³-hybridized carbons (Fsp3) is 0.632. The van der Waals surface area contributed by atoms with Crippen LogP contribution in [-0.2, 0) is 24.3 Å². The third-order valence-corrected chi connectivity index (χ3v) is 7.43. The Labute approximate surface area is 167 Å². The average Bonchev–Trinajstić information content (AvgIpc) is 3.08. The van der Waals surface area contributed by atoms with Gasteiger partial charge >= 0.3 is 0 Å². The van der Waals surface area contributed by atoms with E-state index in [-0.39, 0.29) is 22.9 Å². The number of carbonyl (C=O) groups excluding carboxylic acids is 1. The summed E-state index contributed by atoms with van der Waals surface area (Å²) in [4.78, 5) is 17.0. The van der Waals surface area contributed by atoms with Crippen LogP contribution in [0.25, 0.3) is 0 Å². The molecule has 0 bridgehead atoms. The van der Waals surface area contributed by atoms with Crippen molar-refractivity contribution in [1.29, 1.82) is 0 Å². The molecule has 1 aromatic rings. The molecule has 1 saturated heterocycles. The summed E-state index contributed by atoms with van der Waals surface area (Å²) in [6.07, 6.45) is 1.47. The van der Waals surface area contributed by atoms with Crippen molar-refractivity contribution >= 4 is 21.6 Å². The van der Waals surface area contributed by atoms with Crippen molar-refractivity contribution in [3.63, 3.8) is 0 Å². The number of hydrogen-bond donors (Lipinski definition) is 0. The molecule has 2 heterocycles. The van der Waals surface area contributed by atoms with Gasteiger partial charge in [-0.25, -0.2) is 8.42 Å². The lowest BCUT2D eigenvalue weighted by molar-refractivity contribution is -0.131. The number of hydrogen-bond acceptors (Lipinski definition) is 6. The van der Waals surface area contributed by atoms with E-state index in [1.807, 2.05) is 11.0 Å². The quantitative estimate of drug-likeness (QED) is 0.660. The summed E-state index contributed by atoms with van der Waals surface area (Å²) in [5.74, 6) is -0.00269. The Kier molecular flexibility index (Phi) is 6.59. The minimum Gasteiger partial charge on any atom is -0.383 e. The summed E-state index contributed by atoms with van der Waals surface area (Å²) in [5.41, 5.74) is 0.614. The van der Waals surface area contributed by atoms with Crippen LogP contribution in [0.15, 0.2) is 29.2 Å². The highest BCUT2D eigenvalue weighted by atomic mass is 32.2. The van der Waals surface area contributed by atoms with Crippen LogP contribution in [-0.4, -0.2) is 89.7 Å². The Morgan fingerprint density at radius 2 is 1.89 bits per heavy atom. The Balaban J connectivity index is 1.97. The van der Waals surface area contributed by atoms with Gasteiger partial charge in [0, 0.05) is 46.9 Å². The van der Waals surface area contributed by atoms with Crippen LogP contribution in [0.4, 0.5) is 5.69 Å². The van der Waals surface area contributed by atoms with E-state index in [0.717, 1.165) is 6.42 Å². The predicted molar refractivity (Wildman–Crippen MR) is 106 cm³/mol. The zero-order valence-corrected chi connectivity index (χ0v) is 17.5. The standard InChI is InChI=1S/C19H29N3O5S/c1-20(10-12-26-2)19(23)17-9-8-15-14-21(11-13-27-3)28(24,25)18-7-5-4-6-16(18)22(15)17/h4-7,15,17H,8-14H2,1-3H3/t15-,17+/m0/s1. The molecule has 28 heavy (non-hydrogen) atoms. The average molecular weight is 412 g/mol. The maximum absolute atomic E-state index is 13.2. The van der Waals surface area contributed by atoms with E-state index in [4.69, 9.17) is 9.47 Å². The van der Waals surface area contributed by atoms with Crippen LogP contribution in [0.1, 0.15) is 12.8 Å². The van der Waals surface area contributed by atoms with Crippen LogP contribution < -0.4 is 4.90 Å². The van der Waals surface area contributed by atoms with Crippen LogP contribution in [0.2, 0.25) is 0 Å². The van der Waals surface area contributed by atoms with Gasteiger partial charge in [0.15, 0.2) is 0 Å². The van der Waals surface area contributed by atoms with Crippen LogP contribution in [0, 0.1) is 0 Å². The first-order valence-electron chi connectivity index (χ1n) is 9.52. The Morgan fingerprint density at radius 3 is 2.61 bits per heavy atom. The van der Waals surface area contributed by atoms with Gasteiger partial charge in [-0.05, 0) is 25.0 Å². The van der Waals surface area contributed by atoms with Crippen molar-refractivity contribution in [2.45, 2.75) is 29.8 Å².